The summed E-state index contributed by atoms with van der Waals surface area (Å²) in [5, 5.41) is 8.05. The molecule has 1 N–H and O–H groups in total. The van der Waals surface area contributed by atoms with Crippen molar-refractivity contribution in [2.75, 3.05) is 6.54 Å². The molecule has 3 heteroatoms. The second kappa shape index (κ2) is 6.55. The molecule has 0 aliphatic rings. The highest BCUT2D eigenvalue weighted by molar-refractivity contribution is 5.54. The molecular formula is C18H21N3. The summed E-state index contributed by atoms with van der Waals surface area (Å²) in [5.74, 6) is 0. The molecule has 1 aromatic carbocycles. The van der Waals surface area contributed by atoms with Gasteiger partial charge in [0.1, 0.15) is 0 Å². The molecule has 0 radical (unpaired) electrons. The van der Waals surface area contributed by atoms with E-state index in [9.17, 15) is 0 Å². The molecule has 3 aromatic rings. The zero-order valence-corrected chi connectivity index (χ0v) is 12.4. The number of benzene rings is 1. The first-order valence-corrected chi connectivity index (χ1v) is 7.58. The largest absolute Gasteiger partial charge is 0.310 e. The molecule has 0 aliphatic carbocycles. The van der Waals surface area contributed by atoms with Crippen LogP contribution < -0.4 is 5.32 Å². The summed E-state index contributed by atoms with van der Waals surface area (Å²) in [6.07, 6.45) is 6.14. The highest BCUT2D eigenvalue weighted by atomic mass is 15.2. The molecule has 21 heavy (non-hydrogen) atoms. The van der Waals surface area contributed by atoms with E-state index in [1.54, 1.807) is 0 Å². The molecule has 2 aromatic heterocycles. The van der Waals surface area contributed by atoms with Crippen molar-refractivity contribution in [3.63, 3.8) is 0 Å². The van der Waals surface area contributed by atoms with Crippen LogP contribution in [0.25, 0.3) is 5.52 Å². The van der Waals surface area contributed by atoms with E-state index < -0.39 is 0 Å². The molecule has 0 amide bonds. The zero-order valence-electron chi connectivity index (χ0n) is 12.4. The van der Waals surface area contributed by atoms with Crippen LogP contribution in [0.2, 0.25) is 0 Å². The molecule has 0 spiro atoms. The third kappa shape index (κ3) is 3.14. The Bertz CT molecular complexity index is 688. The maximum atomic E-state index is 4.45. The Balaban J connectivity index is 1.81. The summed E-state index contributed by atoms with van der Waals surface area (Å²) >= 11 is 0. The van der Waals surface area contributed by atoms with E-state index in [1.807, 2.05) is 23.0 Å². The third-order valence-electron chi connectivity index (χ3n) is 3.85. The Morgan fingerprint density at radius 3 is 2.71 bits per heavy atom. The highest BCUT2D eigenvalue weighted by Gasteiger charge is 2.15. The minimum absolute atomic E-state index is 0.343. The van der Waals surface area contributed by atoms with Gasteiger partial charge in [-0.3, -0.25) is 0 Å². The van der Waals surface area contributed by atoms with Gasteiger partial charge in [-0.2, -0.15) is 5.10 Å². The summed E-state index contributed by atoms with van der Waals surface area (Å²) in [6, 6.07) is 17.2. The quantitative estimate of drug-likeness (QED) is 0.747. The highest BCUT2D eigenvalue weighted by Crippen LogP contribution is 2.23. The van der Waals surface area contributed by atoms with Crippen molar-refractivity contribution in [3.05, 3.63) is 72.1 Å². The first-order chi connectivity index (χ1) is 10.4. The van der Waals surface area contributed by atoms with E-state index in [0.717, 1.165) is 19.4 Å². The number of rotatable bonds is 6. The molecule has 3 rings (SSSR count). The van der Waals surface area contributed by atoms with E-state index in [1.165, 1.54) is 16.6 Å². The lowest BCUT2D eigenvalue weighted by Crippen LogP contribution is -2.21. The van der Waals surface area contributed by atoms with Gasteiger partial charge >= 0.3 is 0 Å². The number of aryl methyl sites for hydroxylation is 1. The van der Waals surface area contributed by atoms with Gasteiger partial charge in [-0.1, -0.05) is 43.3 Å². The predicted molar refractivity (Wildman–Crippen MR) is 86.4 cm³/mol. The van der Waals surface area contributed by atoms with Crippen LogP contribution in [0, 0.1) is 0 Å². The first-order valence-electron chi connectivity index (χ1n) is 7.58. The molecule has 0 bridgehead atoms. The normalized spacial score (nSPS) is 12.6. The smallest absolute Gasteiger partial charge is 0.0709 e. The lowest BCUT2D eigenvalue weighted by atomic mass is 10.00. The van der Waals surface area contributed by atoms with Crippen LogP contribution in [-0.4, -0.2) is 16.2 Å². The van der Waals surface area contributed by atoms with E-state index in [0.29, 0.717) is 6.04 Å². The fourth-order valence-electron chi connectivity index (χ4n) is 2.79. The number of nitrogens with one attached hydrogen (secondary N) is 1. The number of hydrogen-bond donors (Lipinski definition) is 1. The molecule has 3 nitrogen and oxygen atoms in total. The second-order valence-electron chi connectivity index (χ2n) is 5.26. The lowest BCUT2D eigenvalue weighted by Gasteiger charge is -2.17. The Kier molecular flexibility index (Phi) is 4.31. The van der Waals surface area contributed by atoms with Crippen LogP contribution in [0.5, 0.6) is 0 Å². The summed E-state index contributed by atoms with van der Waals surface area (Å²) in [5.41, 5.74) is 3.86. The molecule has 0 aliphatic heterocycles. The van der Waals surface area contributed by atoms with Gasteiger partial charge in [-0.25, -0.2) is 4.52 Å². The van der Waals surface area contributed by atoms with Crippen molar-refractivity contribution >= 4 is 5.52 Å². The Labute approximate surface area is 125 Å². The molecule has 0 saturated carbocycles. The SMILES string of the molecule is CCNC(CCc1ccccc1)c1cnn2ccccc12. The fourth-order valence-corrected chi connectivity index (χ4v) is 2.79. The van der Waals surface area contributed by atoms with Gasteiger partial charge in [0.15, 0.2) is 0 Å². The standard InChI is InChI=1S/C18H21N3/c1-2-19-17(12-11-15-8-4-3-5-9-15)16-14-20-21-13-7-6-10-18(16)21/h3-10,13-14,17,19H,2,11-12H2,1H3. The van der Waals surface area contributed by atoms with Gasteiger partial charge in [0, 0.05) is 17.8 Å². The van der Waals surface area contributed by atoms with Crippen LogP contribution in [-0.2, 0) is 6.42 Å². The van der Waals surface area contributed by atoms with Crippen LogP contribution in [0.1, 0.15) is 30.5 Å². The lowest BCUT2D eigenvalue weighted by molar-refractivity contribution is 0.518. The van der Waals surface area contributed by atoms with Crippen molar-refractivity contribution in [1.82, 2.24) is 14.9 Å². The topological polar surface area (TPSA) is 29.3 Å². The minimum Gasteiger partial charge on any atom is -0.310 e. The van der Waals surface area contributed by atoms with Crippen molar-refractivity contribution < 1.29 is 0 Å². The Morgan fingerprint density at radius 2 is 1.90 bits per heavy atom. The number of fused-ring (bicyclic) bond motifs is 1. The molecule has 1 unspecified atom stereocenters. The van der Waals surface area contributed by atoms with Crippen molar-refractivity contribution in [2.24, 2.45) is 0 Å². The molecule has 0 fully saturated rings. The average Bonchev–Trinajstić information content (AvgIpc) is 2.96. The Hall–Kier alpha value is -2.13. The van der Waals surface area contributed by atoms with E-state index in [-0.39, 0.29) is 0 Å². The summed E-state index contributed by atoms with van der Waals surface area (Å²) < 4.78 is 1.95. The van der Waals surface area contributed by atoms with Gasteiger partial charge < -0.3 is 5.32 Å². The summed E-state index contributed by atoms with van der Waals surface area (Å²) in [4.78, 5) is 0. The van der Waals surface area contributed by atoms with E-state index >= 15 is 0 Å². The van der Waals surface area contributed by atoms with Gasteiger partial charge in [-0.05, 0) is 37.1 Å². The number of hydrogen-bond acceptors (Lipinski definition) is 2. The maximum absolute atomic E-state index is 4.45. The monoisotopic (exact) mass is 279 g/mol. The predicted octanol–water partition coefficient (Wildman–Crippen LogP) is 3.62. The molecule has 108 valence electrons. The minimum atomic E-state index is 0.343. The number of aromatic nitrogens is 2. The Morgan fingerprint density at radius 1 is 1.10 bits per heavy atom. The average molecular weight is 279 g/mol. The zero-order chi connectivity index (χ0) is 14.5. The van der Waals surface area contributed by atoms with Crippen LogP contribution in [0.4, 0.5) is 0 Å². The third-order valence-corrected chi connectivity index (χ3v) is 3.85. The van der Waals surface area contributed by atoms with Crippen LogP contribution in [0.3, 0.4) is 0 Å². The molecule has 2 heterocycles. The molecule has 0 saturated heterocycles. The maximum Gasteiger partial charge on any atom is 0.0709 e. The van der Waals surface area contributed by atoms with Gasteiger partial charge in [0.05, 0.1) is 11.7 Å². The first kappa shape index (κ1) is 13.8. The second-order valence-corrected chi connectivity index (χ2v) is 5.26. The summed E-state index contributed by atoms with van der Waals surface area (Å²) in [7, 11) is 0. The fraction of sp³-hybridized carbons (Fsp3) is 0.278. The van der Waals surface area contributed by atoms with Crippen molar-refractivity contribution in [1.29, 1.82) is 0 Å². The molecular weight excluding hydrogens is 258 g/mol. The van der Waals surface area contributed by atoms with Crippen LogP contribution in [0.15, 0.2) is 60.9 Å². The van der Waals surface area contributed by atoms with Crippen molar-refractivity contribution in [2.45, 2.75) is 25.8 Å². The van der Waals surface area contributed by atoms with Gasteiger partial charge in [0.2, 0.25) is 0 Å². The van der Waals surface area contributed by atoms with Gasteiger partial charge in [-0.15, -0.1) is 0 Å². The van der Waals surface area contributed by atoms with Gasteiger partial charge in [0.25, 0.3) is 0 Å². The summed E-state index contributed by atoms with van der Waals surface area (Å²) in [6.45, 7) is 3.12. The van der Waals surface area contributed by atoms with E-state index in [2.05, 4.69) is 59.8 Å². The molecule has 1 atom stereocenters. The van der Waals surface area contributed by atoms with E-state index in [4.69, 9.17) is 0 Å². The van der Waals surface area contributed by atoms with Crippen molar-refractivity contribution in [3.8, 4) is 0 Å². The number of nitrogens with zero attached hydrogens (tertiary/aromatic N) is 2. The number of pyridine rings is 1. The van der Waals surface area contributed by atoms with Crippen LogP contribution >= 0.6 is 0 Å².